The lowest BCUT2D eigenvalue weighted by molar-refractivity contribution is -0.134. The summed E-state index contributed by atoms with van der Waals surface area (Å²) in [6.45, 7) is 1.98. The first-order valence-corrected chi connectivity index (χ1v) is 4.64. The van der Waals surface area contributed by atoms with Crippen LogP contribution in [0.1, 0.15) is 18.5 Å². The zero-order valence-electron chi connectivity index (χ0n) is 8.81. The van der Waals surface area contributed by atoms with E-state index in [2.05, 4.69) is 15.0 Å². The highest BCUT2D eigenvalue weighted by molar-refractivity contribution is 5.81. The lowest BCUT2D eigenvalue weighted by atomic mass is 10.1. The summed E-state index contributed by atoms with van der Waals surface area (Å²) in [6, 6.07) is 3.95. The Morgan fingerprint density at radius 2 is 2.47 bits per heavy atom. The summed E-state index contributed by atoms with van der Waals surface area (Å²) in [5.74, 6) is -0.374. The topological polar surface area (TPSA) is 51.2 Å². The molecule has 1 aromatic heterocycles. The summed E-state index contributed by atoms with van der Waals surface area (Å²) in [5, 5.41) is 3.04. The molecule has 0 aromatic carbocycles. The normalized spacial score (nSPS) is 12.4. The van der Waals surface area contributed by atoms with Crippen molar-refractivity contribution in [2.24, 2.45) is 0 Å². The fourth-order valence-electron chi connectivity index (χ4n) is 1.06. The summed E-state index contributed by atoms with van der Waals surface area (Å²) >= 11 is 0. The van der Waals surface area contributed by atoms with Gasteiger partial charge in [-0.15, -0.1) is 0 Å². The Morgan fingerprint density at radius 1 is 1.67 bits per heavy atom. The molecule has 0 aliphatic carbocycles. The third kappa shape index (κ3) is 3.81. The molecule has 0 saturated carbocycles. The van der Waals surface area contributed by atoms with Gasteiger partial charge in [-0.3, -0.25) is 4.98 Å². The van der Waals surface area contributed by atoms with Gasteiger partial charge in [0.25, 0.3) is 0 Å². The van der Waals surface area contributed by atoms with E-state index in [1.807, 2.05) is 19.1 Å². The molecule has 0 unspecified atom stereocenters. The Bertz CT molecular complexity index is 336. The molecule has 1 aromatic rings. The third-order valence-corrected chi connectivity index (χ3v) is 1.95. The Hall–Kier alpha value is -1.84. The van der Waals surface area contributed by atoms with Gasteiger partial charge in [-0.25, -0.2) is 4.79 Å². The minimum absolute atomic E-state index is 0.111. The number of pyridine rings is 1. The molecule has 0 aliphatic rings. The molecule has 15 heavy (non-hydrogen) atoms. The fraction of sp³-hybridized carbons (Fsp3) is 0.273. The number of carbonyl (C=O) groups is 1. The minimum Gasteiger partial charge on any atom is -0.466 e. The molecular weight excluding hydrogens is 192 g/mol. The lowest BCUT2D eigenvalue weighted by Gasteiger charge is -2.10. The molecule has 80 valence electrons. The van der Waals surface area contributed by atoms with Crippen LogP contribution in [-0.4, -0.2) is 18.1 Å². The molecule has 1 N–H and O–H groups in total. The van der Waals surface area contributed by atoms with E-state index < -0.39 is 0 Å². The molecule has 4 nitrogen and oxygen atoms in total. The summed E-state index contributed by atoms with van der Waals surface area (Å²) in [7, 11) is 1.34. The largest absolute Gasteiger partial charge is 0.466 e. The quantitative estimate of drug-likeness (QED) is 0.598. The van der Waals surface area contributed by atoms with E-state index in [0.29, 0.717) is 0 Å². The van der Waals surface area contributed by atoms with Crippen LogP contribution in [0.5, 0.6) is 0 Å². The summed E-state index contributed by atoms with van der Waals surface area (Å²) in [4.78, 5) is 14.8. The van der Waals surface area contributed by atoms with Gasteiger partial charge in [0.15, 0.2) is 0 Å². The van der Waals surface area contributed by atoms with Crippen molar-refractivity contribution in [3.8, 4) is 0 Å². The number of hydrogen-bond acceptors (Lipinski definition) is 4. The van der Waals surface area contributed by atoms with Gasteiger partial charge in [0.2, 0.25) is 0 Å². The van der Waals surface area contributed by atoms with E-state index in [1.54, 1.807) is 18.6 Å². The van der Waals surface area contributed by atoms with Gasteiger partial charge in [-0.05, 0) is 18.6 Å². The van der Waals surface area contributed by atoms with Crippen LogP contribution >= 0.6 is 0 Å². The van der Waals surface area contributed by atoms with Gasteiger partial charge in [-0.1, -0.05) is 6.07 Å². The second kappa shape index (κ2) is 5.80. The molecule has 0 aliphatic heterocycles. The highest BCUT2D eigenvalue weighted by Gasteiger charge is 2.01. The maximum absolute atomic E-state index is 10.8. The first-order chi connectivity index (χ1) is 7.24. The number of nitrogens with zero attached hydrogens (tertiary/aromatic N) is 1. The molecule has 1 heterocycles. The average molecular weight is 206 g/mol. The third-order valence-electron chi connectivity index (χ3n) is 1.95. The average Bonchev–Trinajstić information content (AvgIpc) is 2.29. The summed E-state index contributed by atoms with van der Waals surface area (Å²) < 4.78 is 4.46. The van der Waals surface area contributed by atoms with Gasteiger partial charge < -0.3 is 10.1 Å². The van der Waals surface area contributed by atoms with Crippen molar-refractivity contribution in [3.63, 3.8) is 0 Å². The van der Waals surface area contributed by atoms with Crippen molar-refractivity contribution in [2.75, 3.05) is 7.11 Å². The van der Waals surface area contributed by atoms with E-state index in [-0.39, 0.29) is 12.0 Å². The Labute approximate surface area is 89.0 Å². The second-order valence-electron chi connectivity index (χ2n) is 3.03. The molecule has 0 saturated heterocycles. The number of carbonyl (C=O) groups excluding carboxylic acids is 1. The van der Waals surface area contributed by atoms with Gasteiger partial charge in [-0.2, -0.15) is 0 Å². The van der Waals surface area contributed by atoms with E-state index in [4.69, 9.17) is 0 Å². The highest BCUT2D eigenvalue weighted by atomic mass is 16.5. The molecule has 0 spiro atoms. The molecular formula is C11H14N2O2. The Morgan fingerprint density at radius 3 is 3.07 bits per heavy atom. The maximum atomic E-state index is 10.8. The van der Waals surface area contributed by atoms with Gasteiger partial charge in [0.05, 0.1) is 7.11 Å². The van der Waals surface area contributed by atoms with Crippen molar-refractivity contribution in [1.29, 1.82) is 0 Å². The van der Waals surface area contributed by atoms with Crippen LogP contribution in [0.25, 0.3) is 0 Å². The monoisotopic (exact) mass is 206 g/mol. The molecule has 1 atom stereocenters. The minimum atomic E-state index is -0.374. The van der Waals surface area contributed by atoms with Crippen molar-refractivity contribution in [3.05, 3.63) is 42.4 Å². The molecule has 4 heteroatoms. The molecule has 0 bridgehead atoms. The van der Waals surface area contributed by atoms with Crippen LogP contribution in [0.2, 0.25) is 0 Å². The Balaban J connectivity index is 2.47. The van der Waals surface area contributed by atoms with Crippen molar-refractivity contribution in [1.82, 2.24) is 10.3 Å². The van der Waals surface area contributed by atoms with Crippen LogP contribution in [0, 0.1) is 0 Å². The van der Waals surface area contributed by atoms with E-state index >= 15 is 0 Å². The predicted molar refractivity (Wildman–Crippen MR) is 56.9 cm³/mol. The van der Waals surface area contributed by atoms with Gasteiger partial charge in [0, 0.05) is 30.7 Å². The number of hydrogen-bond donors (Lipinski definition) is 1. The van der Waals surface area contributed by atoms with Crippen LogP contribution in [0.15, 0.2) is 36.8 Å². The van der Waals surface area contributed by atoms with Crippen LogP contribution in [0.4, 0.5) is 0 Å². The van der Waals surface area contributed by atoms with Gasteiger partial charge >= 0.3 is 5.97 Å². The number of ether oxygens (including phenoxy) is 1. The van der Waals surface area contributed by atoms with Gasteiger partial charge in [0.1, 0.15) is 0 Å². The molecule has 0 radical (unpaired) electrons. The van der Waals surface area contributed by atoms with E-state index in [1.165, 1.54) is 13.2 Å². The SMILES string of the molecule is COC(=O)/C=C/N[C@@H](C)c1cccnc1. The van der Waals surface area contributed by atoms with Crippen molar-refractivity contribution >= 4 is 5.97 Å². The zero-order valence-corrected chi connectivity index (χ0v) is 8.81. The number of rotatable bonds is 4. The number of nitrogens with one attached hydrogen (secondary N) is 1. The van der Waals surface area contributed by atoms with E-state index in [0.717, 1.165) is 5.56 Å². The lowest BCUT2D eigenvalue weighted by Crippen LogP contribution is -2.12. The second-order valence-corrected chi connectivity index (χ2v) is 3.03. The standard InChI is InChI=1S/C11H14N2O2/c1-9(10-4-3-6-12-8-10)13-7-5-11(14)15-2/h3-9,13H,1-2H3/b7-5+/t9-/m0/s1. The first kappa shape index (κ1) is 11.2. The smallest absolute Gasteiger partial charge is 0.331 e. The predicted octanol–water partition coefficient (Wildman–Crippen LogP) is 1.42. The maximum Gasteiger partial charge on any atom is 0.331 e. The number of aromatic nitrogens is 1. The number of methoxy groups -OCH3 is 1. The zero-order chi connectivity index (χ0) is 11.1. The molecule has 1 rings (SSSR count). The first-order valence-electron chi connectivity index (χ1n) is 4.64. The highest BCUT2D eigenvalue weighted by Crippen LogP contribution is 2.08. The number of esters is 1. The molecule has 0 amide bonds. The Kier molecular flexibility index (Phi) is 4.34. The van der Waals surface area contributed by atoms with Crippen molar-refractivity contribution < 1.29 is 9.53 Å². The summed E-state index contributed by atoms with van der Waals surface area (Å²) in [6.07, 6.45) is 6.42. The van der Waals surface area contributed by atoms with Crippen LogP contribution < -0.4 is 5.32 Å². The van der Waals surface area contributed by atoms with Crippen molar-refractivity contribution in [2.45, 2.75) is 13.0 Å². The summed E-state index contributed by atoms with van der Waals surface area (Å²) in [5.41, 5.74) is 1.06. The van der Waals surface area contributed by atoms with Crippen LogP contribution in [-0.2, 0) is 9.53 Å². The van der Waals surface area contributed by atoms with Crippen LogP contribution in [0.3, 0.4) is 0 Å². The van der Waals surface area contributed by atoms with E-state index in [9.17, 15) is 4.79 Å². The molecule has 0 fully saturated rings. The fourth-order valence-corrected chi connectivity index (χ4v) is 1.06.